The van der Waals surface area contributed by atoms with Gasteiger partial charge in [-0.1, -0.05) is 0 Å². The number of hydrogen-bond acceptors (Lipinski definition) is 5. The summed E-state index contributed by atoms with van der Waals surface area (Å²) in [5, 5.41) is 8.19. The van der Waals surface area contributed by atoms with E-state index in [2.05, 4.69) is 4.84 Å². The zero-order chi connectivity index (χ0) is 11.5. The molecule has 1 rings (SSSR count). The molecule has 0 spiro atoms. The maximum absolute atomic E-state index is 11.5. The fourth-order valence-electron chi connectivity index (χ4n) is 1.10. The van der Waals surface area contributed by atoms with Crippen LogP contribution in [0, 0.1) is 0 Å². The second kappa shape index (κ2) is 4.50. The van der Waals surface area contributed by atoms with E-state index in [1.165, 1.54) is 16.8 Å². The molecule has 6 nitrogen and oxygen atoms in total. The molecule has 1 heterocycles. The molecular weight excluding hydrogens is 200 g/mol. The number of carbonyl (C=O) groups excluding carboxylic acids is 1. The van der Waals surface area contributed by atoms with Crippen LogP contribution in [-0.4, -0.2) is 28.3 Å². The van der Waals surface area contributed by atoms with Crippen LogP contribution in [0.2, 0.25) is 0 Å². The lowest BCUT2D eigenvalue weighted by Gasteiger charge is -2.35. The van der Waals surface area contributed by atoms with Crippen molar-refractivity contribution < 1.29 is 19.6 Å². The molecule has 0 aliphatic carbocycles. The van der Waals surface area contributed by atoms with Gasteiger partial charge >= 0.3 is 6.09 Å². The minimum atomic E-state index is -0.506. The van der Waals surface area contributed by atoms with Gasteiger partial charge in [0.2, 0.25) is 0 Å². The average Bonchev–Trinajstić information content (AvgIpc) is 1.98. The number of carbonyl (C=O) groups is 1. The molecule has 2 N–H and O–H groups in total. The van der Waals surface area contributed by atoms with E-state index in [4.69, 9.17) is 9.94 Å². The van der Waals surface area contributed by atoms with Gasteiger partial charge in [-0.05, 0) is 26.4 Å². The van der Waals surface area contributed by atoms with Crippen molar-refractivity contribution in [3.8, 4) is 0 Å². The summed E-state index contributed by atoms with van der Waals surface area (Å²) in [5.41, 5.74) is 1.69. The zero-order valence-corrected chi connectivity index (χ0v) is 9.11. The SMILES string of the molecule is CC(C)(C)OC(=O)N1CC/C1=C\ONO. The molecule has 0 bridgehead atoms. The molecule has 1 amide bonds. The maximum Gasteiger partial charge on any atom is 0.414 e. The Bertz CT molecular complexity index is 270. The first-order valence-electron chi connectivity index (χ1n) is 4.68. The van der Waals surface area contributed by atoms with Crippen LogP contribution < -0.4 is 5.64 Å². The third-order valence-corrected chi connectivity index (χ3v) is 1.80. The van der Waals surface area contributed by atoms with Gasteiger partial charge in [-0.3, -0.25) is 10.1 Å². The van der Waals surface area contributed by atoms with E-state index in [1.54, 1.807) is 20.8 Å². The van der Waals surface area contributed by atoms with Gasteiger partial charge in [-0.15, -0.1) is 0 Å². The fourth-order valence-corrected chi connectivity index (χ4v) is 1.10. The Balaban J connectivity index is 2.48. The van der Waals surface area contributed by atoms with Gasteiger partial charge in [0, 0.05) is 13.0 Å². The van der Waals surface area contributed by atoms with Crippen molar-refractivity contribution in [1.29, 1.82) is 0 Å². The van der Waals surface area contributed by atoms with Gasteiger partial charge < -0.3 is 9.57 Å². The Morgan fingerprint density at radius 2 is 2.27 bits per heavy atom. The van der Waals surface area contributed by atoms with Gasteiger partial charge in [-0.2, -0.15) is 0 Å². The fraction of sp³-hybridized carbons (Fsp3) is 0.667. The van der Waals surface area contributed by atoms with E-state index in [9.17, 15) is 4.79 Å². The topological polar surface area (TPSA) is 71.0 Å². The quantitative estimate of drug-likeness (QED) is 0.539. The summed E-state index contributed by atoms with van der Waals surface area (Å²) in [5.74, 6) is 0. The first-order chi connectivity index (χ1) is 6.94. The summed E-state index contributed by atoms with van der Waals surface area (Å²) in [4.78, 5) is 17.4. The number of likely N-dealkylation sites (tertiary alicyclic amines) is 1. The van der Waals surface area contributed by atoms with E-state index < -0.39 is 11.7 Å². The monoisotopic (exact) mass is 216 g/mol. The molecule has 0 unspecified atom stereocenters. The molecule has 6 heteroatoms. The standard InChI is InChI=1S/C9H16N2O4/c1-9(2,3)15-8(12)11-5-4-7(11)6-14-10-13/h6,10,13H,4-5H2,1-3H3/b7-6+. The maximum atomic E-state index is 11.5. The van der Waals surface area contributed by atoms with E-state index in [0.717, 1.165) is 6.42 Å². The van der Waals surface area contributed by atoms with E-state index in [-0.39, 0.29) is 0 Å². The molecule has 1 aliphatic heterocycles. The van der Waals surface area contributed by atoms with E-state index in [0.29, 0.717) is 12.2 Å². The largest absolute Gasteiger partial charge is 0.443 e. The van der Waals surface area contributed by atoms with Crippen molar-refractivity contribution in [1.82, 2.24) is 10.5 Å². The van der Waals surface area contributed by atoms with Crippen molar-refractivity contribution in [2.45, 2.75) is 32.8 Å². The predicted molar refractivity (Wildman–Crippen MR) is 51.6 cm³/mol. The zero-order valence-electron chi connectivity index (χ0n) is 9.11. The number of amides is 1. The van der Waals surface area contributed by atoms with Crippen molar-refractivity contribution in [2.75, 3.05) is 6.54 Å². The Kier molecular flexibility index (Phi) is 3.54. The van der Waals surface area contributed by atoms with Crippen LogP contribution >= 0.6 is 0 Å². The van der Waals surface area contributed by atoms with Crippen LogP contribution in [0.25, 0.3) is 0 Å². The van der Waals surface area contributed by atoms with Gasteiger partial charge in [0.1, 0.15) is 11.9 Å². The smallest absolute Gasteiger partial charge is 0.414 e. The lowest BCUT2D eigenvalue weighted by atomic mass is 10.1. The minimum Gasteiger partial charge on any atom is -0.443 e. The Morgan fingerprint density at radius 3 is 2.67 bits per heavy atom. The molecule has 86 valence electrons. The highest BCUT2D eigenvalue weighted by Gasteiger charge is 2.31. The molecule has 1 fully saturated rings. The number of rotatable bonds is 2. The normalized spacial score (nSPS) is 18.7. The highest BCUT2D eigenvalue weighted by molar-refractivity contribution is 5.71. The summed E-state index contributed by atoms with van der Waals surface area (Å²) in [6.45, 7) is 6.02. The van der Waals surface area contributed by atoms with Crippen molar-refractivity contribution in [3.05, 3.63) is 12.0 Å². The lowest BCUT2D eigenvalue weighted by Crippen LogP contribution is -2.43. The molecule has 15 heavy (non-hydrogen) atoms. The summed E-state index contributed by atoms with van der Waals surface area (Å²) in [6, 6.07) is 0. The van der Waals surface area contributed by atoms with Crippen LogP contribution in [-0.2, 0) is 9.57 Å². The van der Waals surface area contributed by atoms with Gasteiger partial charge in [-0.25, -0.2) is 4.79 Å². The second-order valence-corrected chi connectivity index (χ2v) is 4.20. The van der Waals surface area contributed by atoms with Crippen molar-refractivity contribution >= 4 is 6.09 Å². The van der Waals surface area contributed by atoms with E-state index >= 15 is 0 Å². The van der Waals surface area contributed by atoms with Crippen LogP contribution in [0.3, 0.4) is 0 Å². The highest BCUT2D eigenvalue weighted by Crippen LogP contribution is 2.24. The molecule has 0 aromatic rings. The summed E-state index contributed by atoms with van der Waals surface area (Å²) in [6.07, 6.45) is 1.59. The molecule has 0 aromatic carbocycles. The third-order valence-electron chi connectivity index (χ3n) is 1.80. The number of nitrogens with one attached hydrogen (secondary N) is 1. The molecule has 0 saturated carbocycles. The van der Waals surface area contributed by atoms with Gasteiger partial charge in [0.05, 0.1) is 5.70 Å². The minimum absolute atomic E-state index is 0.401. The first-order valence-corrected chi connectivity index (χ1v) is 4.68. The second-order valence-electron chi connectivity index (χ2n) is 4.20. The molecule has 1 aliphatic rings. The lowest BCUT2D eigenvalue weighted by molar-refractivity contribution is -0.0821. The Hall–Kier alpha value is -1.27. The highest BCUT2D eigenvalue weighted by atomic mass is 16.8. The number of nitrogens with zero attached hydrogens (tertiary/aromatic N) is 1. The molecule has 0 aromatic heterocycles. The van der Waals surface area contributed by atoms with Crippen LogP contribution in [0.1, 0.15) is 27.2 Å². The molecule has 0 radical (unpaired) electrons. The number of hydrogen-bond donors (Lipinski definition) is 2. The van der Waals surface area contributed by atoms with Crippen molar-refractivity contribution in [3.63, 3.8) is 0 Å². The molecular formula is C9H16N2O4. The third kappa shape index (κ3) is 3.41. The van der Waals surface area contributed by atoms with Crippen LogP contribution in [0.5, 0.6) is 0 Å². The van der Waals surface area contributed by atoms with Crippen molar-refractivity contribution in [2.24, 2.45) is 0 Å². The summed E-state index contributed by atoms with van der Waals surface area (Å²) < 4.78 is 5.16. The summed E-state index contributed by atoms with van der Waals surface area (Å²) in [7, 11) is 0. The van der Waals surface area contributed by atoms with Crippen LogP contribution in [0.15, 0.2) is 12.0 Å². The summed E-state index contributed by atoms with van der Waals surface area (Å²) >= 11 is 0. The van der Waals surface area contributed by atoms with Crippen LogP contribution in [0.4, 0.5) is 4.79 Å². The average molecular weight is 216 g/mol. The Labute approximate surface area is 88.4 Å². The number of ether oxygens (including phenoxy) is 1. The first kappa shape index (κ1) is 11.8. The predicted octanol–water partition coefficient (Wildman–Crippen LogP) is 1.38. The van der Waals surface area contributed by atoms with Gasteiger partial charge in [0.15, 0.2) is 0 Å². The molecule has 0 atom stereocenters. The Morgan fingerprint density at radius 1 is 1.60 bits per heavy atom. The van der Waals surface area contributed by atoms with E-state index in [1.807, 2.05) is 0 Å². The van der Waals surface area contributed by atoms with Gasteiger partial charge in [0.25, 0.3) is 0 Å². The molecule has 1 saturated heterocycles.